The molecule has 8 aromatic carbocycles. The first-order valence-electron chi connectivity index (χ1n) is 19.8. The lowest BCUT2D eigenvalue weighted by Gasteiger charge is -2.17. The number of thiophene rings is 1. The second-order valence-corrected chi connectivity index (χ2v) is 15.9. The second-order valence-electron chi connectivity index (χ2n) is 14.8. The molecule has 0 radical (unpaired) electrons. The average molecular weight is 772 g/mol. The molecule has 0 aliphatic rings. The van der Waals surface area contributed by atoms with Crippen molar-refractivity contribution in [3.8, 4) is 56.7 Å². The van der Waals surface area contributed by atoms with Crippen LogP contribution < -0.4 is 0 Å². The SMILES string of the molecule is c1ccc(-c2cc(-c3cc(-c4nc5ccccc5n4-c4ccccc4)ccc3-n3c4ccccc4c4c5c(ccc43)sc3ccccc35)nc(-c3ccccc3)n2)cc1. The third kappa shape index (κ3) is 5.42. The van der Waals surface area contributed by atoms with E-state index in [0.717, 1.165) is 72.9 Å². The molecule has 0 amide bonds. The predicted octanol–water partition coefficient (Wildman–Crippen LogP) is 13.9. The van der Waals surface area contributed by atoms with E-state index in [-0.39, 0.29) is 0 Å². The van der Waals surface area contributed by atoms with Gasteiger partial charge in [-0.25, -0.2) is 15.0 Å². The zero-order valence-electron chi connectivity index (χ0n) is 31.7. The van der Waals surface area contributed by atoms with Gasteiger partial charge in [-0.2, -0.15) is 0 Å². The zero-order chi connectivity index (χ0) is 38.9. The Kier molecular flexibility index (Phi) is 7.64. The van der Waals surface area contributed by atoms with Crippen molar-refractivity contribution in [3.05, 3.63) is 200 Å². The van der Waals surface area contributed by atoms with Gasteiger partial charge in [-0.1, -0.05) is 127 Å². The number of aromatic nitrogens is 5. The molecule has 4 aromatic heterocycles. The van der Waals surface area contributed by atoms with Crippen LogP contribution in [0, 0.1) is 0 Å². The van der Waals surface area contributed by atoms with Crippen LogP contribution >= 0.6 is 11.3 Å². The summed E-state index contributed by atoms with van der Waals surface area (Å²) < 4.78 is 7.27. The maximum absolute atomic E-state index is 5.42. The van der Waals surface area contributed by atoms with Crippen LogP contribution in [-0.2, 0) is 0 Å². The van der Waals surface area contributed by atoms with Gasteiger partial charge in [0, 0.05) is 58.9 Å². The van der Waals surface area contributed by atoms with Gasteiger partial charge in [0.25, 0.3) is 0 Å². The second kappa shape index (κ2) is 13.5. The molecule has 59 heavy (non-hydrogen) atoms. The number of imidazole rings is 1. The highest BCUT2D eigenvalue weighted by Gasteiger charge is 2.23. The smallest absolute Gasteiger partial charge is 0.160 e. The number of benzene rings is 8. The molecule has 0 N–H and O–H groups in total. The van der Waals surface area contributed by atoms with Crippen LogP contribution in [0.4, 0.5) is 0 Å². The third-order valence-corrected chi connectivity index (χ3v) is 12.5. The fourth-order valence-corrected chi connectivity index (χ4v) is 9.84. The lowest BCUT2D eigenvalue weighted by molar-refractivity contribution is 1.10. The van der Waals surface area contributed by atoms with Gasteiger partial charge in [0.15, 0.2) is 5.82 Å². The number of para-hydroxylation sites is 4. The topological polar surface area (TPSA) is 48.5 Å². The van der Waals surface area contributed by atoms with Crippen LogP contribution in [0.15, 0.2) is 200 Å². The number of hydrogen-bond donors (Lipinski definition) is 0. The first-order chi connectivity index (χ1) is 29.3. The van der Waals surface area contributed by atoms with Gasteiger partial charge in [-0.3, -0.25) is 4.57 Å². The molecule has 0 bridgehead atoms. The van der Waals surface area contributed by atoms with E-state index in [9.17, 15) is 0 Å². The molecule has 0 aliphatic carbocycles. The zero-order valence-corrected chi connectivity index (χ0v) is 32.5. The Hall–Kier alpha value is -7.67. The average Bonchev–Trinajstić information content (AvgIpc) is 3.99. The van der Waals surface area contributed by atoms with E-state index in [0.29, 0.717) is 5.82 Å². The van der Waals surface area contributed by atoms with Crippen LogP contribution in [0.1, 0.15) is 0 Å². The Bertz CT molecular complexity index is 3490. The van der Waals surface area contributed by atoms with Gasteiger partial charge in [-0.15, -0.1) is 11.3 Å². The summed E-state index contributed by atoms with van der Waals surface area (Å²) in [7, 11) is 0. The molecular formula is C53H33N5S. The van der Waals surface area contributed by atoms with Crippen molar-refractivity contribution < 1.29 is 0 Å². The summed E-state index contributed by atoms with van der Waals surface area (Å²) in [5.41, 5.74) is 12.0. The van der Waals surface area contributed by atoms with E-state index in [4.69, 9.17) is 15.0 Å². The van der Waals surface area contributed by atoms with Crippen LogP contribution in [0.5, 0.6) is 0 Å². The monoisotopic (exact) mass is 771 g/mol. The molecule has 0 saturated heterocycles. The van der Waals surface area contributed by atoms with Crippen molar-refractivity contribution in [2.75, 3.05) is 0 Å². The van der Waals surface area contributed by atoms with E-state index < -0.39 is 0 Å². The molecule has 12 aromatic rings. The van der Waals surface area contributed by atoms with Gasteiger partial charge >= 0.3 is 0 Å². The Morgan fingerprint density at radius 1 is 0.390 bits per heavy atom. The Balaban J connectivity index is 1.20. The fraction of sp³-hybridized carbons (Fsp3) is 0. The Morgan fingerprint density at radius 2 is 1.05 bits per heavy atom. The fourth-order valence-electron chi connectivity index (χ4n) is 8.73. The van der Waals surface area contributed by atoms with E-state index in [1.807, 2.05) is 35.6 Å². The highest BCUT2D eigenvalue weighted by Crippen LogP contribution is 2.45. The summed E-state index contributed by atoms with van der Waals surface area (Å²) in [5, 5.41) is 5.06. The minimum Gasteiger partial charge on any atom is -0.309 e. The van der Waals surface area contributed by atoms with E-state index in [1.165, 1.54) is 30.9 Å². The molecule has 0 saturated carbocycles. The van der Waals surface area contributed by atoms with Crippen LogP contribution in [-0.4, -0.2) is 24.1 Å². The normalized spacial score (nSPS) is 11.7. The number of hydrogen-bond acceptors (Lipinski definition) is 4. The summed E-state index contributed by atoms with van der Waals surface area (Å²) in [6.45, 7) is 0. The molecule has 0 atom stereocenters. The molecule has 6 heteroatoms. The molecular weight excluding hydrogens is 739 g/mol. The van der Waals surface area contributed by atoms with Gasteiger partial charge in [0.05, 0.1) is 39.1 Å². The summed E-state index contributed by atoms with van der Waals surface area (Å²) >= 11 is 1.85. The van der Waals surface area contributed by atoms with Crippen LogP contribution in [0.2, 0.25) is 0 Å². The van der Waals surface area contributed by atoms with Crippen molar-refractivity contribution in [2.45, 2.75) is 0 Å². The van der Waals surface area contributed by atoms with Crippen molar-refractivity contribution in [2.24, 2.45) is 0 Å². The maximum atomic E-state index is 5.42. The lowest BCUT2D eigenvalue weighted by Crippen LogP contribution is -2.02. The molecule has 0 spiro atoms. The van der Waals surface area contributed by atoms with E-state index >= 15 is 0 Å². The molecule has 0 aliphatic heterocycles. The van der Waals surface area contributed by atoms with Gasteiger partial charge in [0.2, 0.25) is 0 Å². The first-order valence-corrected chi connectivity index (χ1v) is 20.6. The standard InChI is InChI=1S/C53H33N5S/c1-4-16-34(17-5-1)42-33-43(55-52(54-42)35-18-6-2-7-19-35)40-32-36(53-56-41-24-12-14-26-46(41)57(53)37-20-8-3-9-21-37)28-29-45(40)58-44-25-13-10-22-38(44)50-47(58)30-31-49-51(50)39-23-11-15-27-48(39)59-49/h1-33H. The van der Waals surface area contributed by atoms with Crippen LogP contribution in [0.25, 0.3) is 110 Å². The highest BCUT2D eigenvalue weighted by molar-refractivity contribution is 7.26. The van der Waals surface area contributed by atoms with Gasteiger partial charge < -0.3 is 4.57 Å². The molecule has 276 valence electrons. The summed E-state index contributed by atoms with van der Waals surface area (Å²) in [6, 6.07) is 70.6. The molecule has 5 nitrogen and oxygen atoms in total. The summed E-state index contributed by atoms with van der Waals surface area (Å²) in [4.78, 5) is 15.9. The van der Waals surface area contributed by atoms with Crippen LogP contribution in [0.3, 0.4) is 0 Å². The quantitative estimate of drug-likeness (QED) is 0.169. The molecule has 4 heterocycles. The van der Waals surface area contributed by atoms with Gasteiger partial charge in [0.1, 0.15) is 5.82 Å². The lowest BCUT2D eigenvalue weighted by atomic mass is 10.0. The number of fused-ring (bicyclic) bond motifs is 8. The molecule has 0 unspecified atom stereocenters. The summed E-state index contributed by atoms with van der Waals surface area (Å²) in [6.07, 6.45) is 0. The largest absolute Gasteiger partial charge is 0.309 e. The van der Waals surface area contributed by atoms with Crippen molar-refractivity contribution in [1.82, 2.24) is 24.1 Å². The first kappa shape index (κ1) is 33.5. The molecule has 12 rings (SSSR count). The highest BCUT2D eigenvalue weighted by atomic mass is 32.1. The minimum absolute atomic E-state index is 0.670. The van der Waals surface area contributed by atoms with Crippen molar-refractivity contribution >= 4 is 64.3 Å². The van der Waals surface area contributed by atoms with E-state index in [1.54, 1.807) is 0 Å². The number of nitrogens with zero attached hydrogens (tertiary/aromatic N) is 5. The van der Waals surface area contributed by atoms with Crippen molar-refractivity contribution in [3.63, 3.8) is 0 Å². The van der Waals surface area contributed by atoms with Crippen molar-refractivity contribution in [1.29, 1.82) is 0 Å². The molecule has 0 fully saturated rings. The maximum Gasteiger partial charge on any atom is 0.160 e. The van der Waals surface area contributed by atoms with Gasteiger partial charge in [-0.05, 0) is 72.8 Å². The Morgan fingerprint density at radius 3 is 1.86 bits per heavy atom. The third-order valence-electron chi connectivity index (χ3n) is 11.4. The predicted molar refractivity (Wildman–Crippen MR) is 246 cm³/mol. The van der Waals surface area contributed by atoms with E-state index in [2.05, 4.69) is 185 Å². The summed E-state index contributed by atoms with van der Waals surface area (Å²) in [5.74, 6) is 1.53. The Labute approximate surface area is 343 Å². The minimum atomic E-state index is 0.670. The number of rotatable bonds is 6.